The molecule has 136 valence electrons. The van der Waals surface area contributed by atoms with Crippen LogP contribution in [0.5, 0.6) is 0 Å². The van der Waals surface area contributed by atoms with E-state index in [4.69, 9.17) is 4.74 Å². The number of nitrogens with one attached hydrogen (secondary N) is 1. The van der Waals surface area contributed by atoms with Crippen LogP contribution in [0.1, 0.15) is 30.6 Å². The van der Waals surface area contributed by atoms with Crippen LogP contribution < -0.4 is 5.32 Å². The lowest BCUT2D eigenvalue weighted by atomic mass is 10.1. The standard InChI is InChI=1S/C15H16N6O3S2/c1-2-24-14(23)5-11-8-26-15(17-11)18-13(22)6-12(10-3-4-25-7-10)21-9-16-19-20-21/h3-4,7-9,12H,2,5-6H2,1H3,(H,17,18,22). The monoisotopic (exact) mass is 392 g/mol. The van der Waals surface area contributed by atoms with Gasteiger partial charge in [-0.3, -0.25) is 9.59 Å². The predicted octanol–water partition coefficient (Wildman–Crippen LogP) is 1.91. The third-order valence-corrected chi connectivity index (χ3v) is 4.93. The first-order valence-electron chi connectivity index (χ1n) is 7.80. The molecule has 11 heteroatoms. The normalized spacial score (nSPS) is 11.9. The lowest BCUT2D eigenvalue weighted by molar-refractivity contribution is -0.142. The van der Waals surface area contributed by atoms with Gasteiger partial charge in [0.05, 0.1) is 31.2 Å². The zero-order chi connectivity index (χ0) is 18.4. The fourth-order valence-corrected chi connectivity index (χ4v) is 3.72. The van der Waals surface area contributed by atoms with Crippen LogP contribution in [-0.2, 0) is 20.7 Å². The number of tetrazole rings is 1. The molecule has 3 aromatic rings. The second-order valence-corrected chi connectivity index (χ2v) is 6.88. The Morgan fingerprint density at radius 1 is 1.38 bits per heavy atom. The lowest BCUT2D eigenvalue weighted by Crippen LogP contribution is -2.20. The average molecular weight is 392 g/mol. The number of thiazole rings is 1. The second kappa shape index (κ2) is 8.63. The van der Waals surface area contributed by atoms with E-state index in [0.29, 0.717) is 17.4 Å². The fourth-order valence-electron chi connectivity index (χ4n) is 2.29. The van der Waals surface area contributed by atoms with Crippen LogP contribution in [0, 0.1) is 0 Å². The maximum atomic E-state index is 12.4. The molecule has 9 nitrogen and oxygen atoms in total. The Morgan fingerprint density at radius 3 is 2.96 bits per heavy atom. The summed E-state index contributed by atoms with van der Waals surface area (Å²) in [5.74, 6) is -0.555. The molecule has 0 bridgehead atoms. The smallest absolute Gasteiger partial charge is 0.311 e. The van der Waals surface area contributed by atoms with E-state index in [1.165, 1.54) is 17.7 Å². The van der Waals surface area contributed by atoms with Crippen molar-refractivity contribution in [3.8, 4) is 0 Å². The van der Waals surface area contributed by atoms with Gasteiger partial charge in [-0.05, 0) is 39.7 Å². The van der Waals surface area contributed by atoms with Crippen molar-refractivity contribution in [3.05, 3.63) is 39.8 Å². The van der Waals surface area contributed by atoms with E-state index in [-0.39, 0.29) is 30.8 Å². The summed E-state index contributed by atoms with van der Waals surface area (Å²) in [5.41, 5.74) is 1.53. The number of anilines is 1. The summed E-state index contributed by atoms with van der Waals surface area (Å²) >= 11 is 2.81. The van der Waals surface area contributed by atoms with Gasteiger partial charge in [0.15, 0.2) is 5.13 Å². The lowest BCUT2D eigenvalue weighted by Gasteiger charge is -2.14. The number of thiophene rings is 1. The highest BCUT2D eigenvalue weighted by molar-refractivity contribution is 7.14. The van der Waals surface area contributed by atoms with Crippen LogP contribution in [0.4, 0.5) is 5.13 Å². The molecule has 1 N–H and O–H groups in total. The molecule has 1 unspecified atom stereocenters. The number of hydrogen-bond acceptors (Lipinski definition) is 9. The van der Waals surface area contributed by atoms with Gasteiger partial charge >= 0.3 is 5.97 Å². The van der Waals surface area contributed by atoms with Crippen LogP contribution in [0.2, 0.25) is 0 Å². The van der Waals surface area contributed by atoms with Crippen molar-refractivity contribution >= 4 is 39.7 Å². The molecule has 3 rings (SSSR count). The third-order valence-electron chi connectivity index (χ3n) is 3.42. The van der Waals surface area contributed by atoms with Crippen molar-refractivity contribution in [2.45, 2.75) is 25.8 Å². The number of esters is 1. The third kappa shape index (κ3) is 4.70. The van der Waals surface area contributed by atoms with E-state index >= 15 is 0 Å². The van der Waals surface area contributed by atoms with Crippen LogP contribution in [-0.4, -0.2) is 43.7 Å². The van der Waals surface area contributed by atoms with Gasteiger partial charge in [0, 0.05) is 5.38 Å². The van der Waals surface area contributed by atoms with Gasteiger partial charge in [-0.1, -0.05) is 0 Å². The SMILES string of the molecule is CCOC(=O)Cc1csc(NC(=O)CC(c2ccsc2)n2cnnn2)n1. The van der Waals surface area contributed by atoms with E-state index < -0.39 is 0 Å². The summed E-state index contributed by atoms with van der Waals surface area (Å²) in [7, 11) is 0. The van der Waals surface area contributed by atoms with E-state index in [2.05, 4.69) is 25.8 Å². The van der Waals surface area contributed by atoms with Crippen molar-refractivity contribution in [2.75, 3.05) is 11.9 Å². The molecule has 0 radical (unpaired) electrons. The Morgan fingerprint density at radius 2 is 2.27 bits per heavy atom. The molecular weight excluding hydrogens is 376 g/mol. The molecule has 0 fully saturated rings. The van der Waals surface area contributed by atoms with Gasteiger partial charge in [-0.15, -0.1) is 16.4 Å². The molecular formula is C15H16N6O3S2. The summed E-state index contributed by atoms with van der Waals surface area (Å²) in [6.45, 7) is 2.08. The Labute approximate surface area is 157 Å². The number of carbonyl (C=O) groups is 2. The Kier molecular flexibility index (Phi) is 6.02. The van der Waals surface area contributed by atoms with E-state index in [1.54, 1.807) is 28.3 Å². The quantitative estimate of drug-likeness (QED) is 0.583. The Balaban J connectivity index is 1.62. The molecule has 0 aliphatic rings. The van der Waals surface area contributed by atoms with E-state index in [9.17, 15) is 9.59 Å². The summed E-state index contributed by atoms with van der Waals surface area (Å²) < 4.78 is 6.44. The molecule has 0 saturated heterocycles. The van der Waals surface area contributed by atoms with Gasteiger partial charge in [0.2, 0.25) is 5.91 Å². The minimum Gasteiger partial charge on any atom is -0.466 e. The van der Waals surface area contributed by atoms with Crippen LogP contribution >= 0.6 is 22.7 Å². The molecule has 0 spiro atoms. The van der Waals surface area contributed by atoms with Crippen molar-refractivity contribution in [2.24, 2.45) is 0 Å². The number of aromatic nitrogens is 5. The van der Waals surface area contributed by atoms with Crippen molar-refractivity contribution in [1.29, 1.82) is 0 Å². The summed E-state index contributed by atoms with van der Waals surface area (Å²) in [6.07, 6.45) is 1.73. The molecule has 0 aliphatic carbocycles. The number of carbonyl (C=O) groups excluding carboxylic acids is 2. The van der Waals surface area contributed by atoms with Gasteiger partial charge in [0.25, 0.3) is 0 Å². The highest BCUT2D eigenvalue weighted by atomic mass is 32.1. The molecule has 0 saturated carbocycles. The number of ether oxygens (including phenoxy) is 1. The molecule has 26 heavy (non-hydrogen) atoms. The minimum absolute atomic E-state index is 0.0857. The van der Waals surface area contributed by atoms with Gasteiger partial charge in [-0.25, -0.2) is 9.67 Å². The van der Waals surface area contributed by atoms with Crippen molar-refractivity contribution < 1.29 is 14.3 Å². The van der Waals surface area contributed by atoms with Gasteiger partial charge < -0.3 is 10.1 Å². The second-order valence-electron chi connectivity index (χ2n) is 5.24. The fraction of sp³-hybridized carbons (Fsp3) is 0.333. The molecule has 0 aromatic carbocycles. The first-order valence-corrected chi connectivity index (χ1v) is 9.62. The van der Waals surface area contributed by atoms with Crippen LogP contribution in [0.3, 0.4) is 0 Å². The molecule has 3 aromatic heterocycles. The number of hydrogen-bond donors (Lipinski definition) is 1. The zero-order valence-electron chi connectivity index (χ0n) is 13.9. The summed E-state index contributed by atoms with van der Waals surface area (Å²) in [4.78, 5) is 28.2. The highest BCUT2D eigenvalue weighted by Gasteiger charge is 2.20. The highest BCUT2D eigenvalue weighted by Crippen LogP contribution is 2.24. The van der Waals surface area contributed by atoms with Gasteiger partial charge in [0.1, 0.15) is 6.33 Å². The van der Waals surface area contributed by atoms with Crippen molar-refractivity contribution in [1.82, 2.24) is 25.2 Å². The van der Waals surface area contributed by atoms with Gasteiger partial charge in [-0.2, -0.15) is 11.3 Å². The number of nitrogens with zero attached hydrogens (tertiary/aromatic N) is 5. The molecule has 1 amide bonds. The maximum absolute atomic E-state index is 12.4. The first-order chi connectivity index (χ1) is 12.7. The van der Waals surface area contributed by atoms with E-state index in [0.717, 1.165) is 5.56 Å². The average Bonchev–Trinajstić information content (AvgIpc) is 3.36. The Bertz CT molecular complexity index is 813. The molecule has 1 atom stereocenters. The van der Waals surface area contributed by atoms with Crippen molar-refractivity contribution in [3.63, 3.8) is 0 Å². The summed E-state index contributed by atoms with van der Waals surface area (Å²) in [5, 5.41) is 20.0. The topological polar surface area (TPSA) is 112 Å². The minimum atomic E-state index is -0.341. The first kappa shape index (κ1) is 18.1. The van der Waals surface area contributed by atoms with E-state index in [1.807, 2.05) is 16.8 Å². The zero-order valence-corrected chi connectivity index (χ0v) is 15.5. The number of amides is 1. The summed E-state index contributed by atoms with van der Waals surface area (Å²) in [6, 6.07) is 1.64. The van der Waals surface area contributed by atoms with Crippen LogP contribution in [0.15, 0.2) is 28.5 Å². The maximum Gasteiger partial charge on any atom is 0.311 e. The molecule has 3 heterocycles. The molecule has 0 aliphatic heterocycles. The number of rotatable bonds is 8. The predicted molar refractivity (Wildman–Crippen MR) is 96.0 cm³/mol. The largest absolute Gasteiger partial charge is 0.466 e. The Hall–Kier alpha value is -2.66. The van der Waals surface area contributed by atoms with Crippen LogP contribution in [0.25, 0.3) is 0 Å².